The van der Waals surface area contributed by atoms with Gasteiger partial charge in [0, 0.05) is 37.0 Å². The van der Waals surface area contributed by atoms with E-state index in [2.05, 4.69) is 28.7 Å². The Hall–Kier alpha value is -1.72. The highest BCUT2D eigenvalue weighted by atomic mass is 16.5. The van der Waals surface area contributed by atoms with Gasteiger partial charge in [0.25, 0.3) is 0 Å². The van der Waals surface area contributed by atoms with Crippen LogP contribution < -0.4 is 4.74 Å². The summed E-state index contributed by atoms with van der Waals surface area (Å²) in [6, 6.07) is 8.03. The summed E-state index contributed by atoms with van der Waals surface area (Å²) in [4.78, 5) is 5.12. The van der Waals surface area contributed by atoms with Gasteiger partial charge in [-0.2, -0.15) is 10.2 Å². The summed E-state index contributed by atoms with van der Waals surface area (Å²) in [6.45, 7) is 14.3. The van der Waals surface area contributed by atoms with Gasteiger partial charge in [0.15, 0.2) is 0 Å². The van der Waals surface area contributed by atoms with Crippen LogP contribution in [-0.2, 0) is 0 Å². The summed E-state index contributed by atoms with van der Waals surface area (Å²) in [5.41, 5.74) is 2.60. The Bertz CT molecular complexity index is 669. The van der Waals surface area contributed by atoms with E-state index in [1.54, 1.807) is 0 Å². The van der Waals surface area contributed by atoms with E-state index in [0.717, 1.165) is 44.2 Å². The maximum absolute atomic E-state index is 5.68. The number of piperidine rings is 2. The van der Waals surface area contributed by atoms with Crippen molar-refractivity contribution in [3.05, 3.63) is 29.8 Å². The molecule has 25 heavy (non-hydrogen) atoms. The molecule has 4 aliphatic heterocycles. The summed E-state index contributed by atoms with van der Waals surface area (Å²) in [5, 5.41) is 9.19. The minimum absolute atomic E-state index is 0.135. The van der Waals surface area contributed by atoms with Crippen LogP contribution in [0.25, 0.3) is 0 Å². The second-order valence-corrected chi connectivity index (χ2v) is 8.67. The first-order chi connectivity index (χ1) is 11.9. The van der Waals surface area contributed by atoms with Crippen LogP contribution in [0.15, 0.2) is 34.5 Å². The molecule has 0 unspecified atom stereocenters. The fraction of sp³-hybridized carbons (Fsp3) is 0.600. The Balaban J connectivity index is 1.52. The van der Waals surface area contributed by atoms with Crippen molar-refractivity contribution in [2.45, 2.75) is 33.8 Å². The molecule has 1 aromatic rings. The molecule has 5 rings (SSSR count). The first-order valence-electron chi connectivity index (χ1n) is 9.20. The van der Waals surface area contributed by atoms with Gasteiger partial charge in [-0.25, -0.2) is 0 Å². The fourth-order valence-electron chi connectivity index (χ4n) is 5.00. The van der Waals surface area contributed by atoms with Crippen molar-refractivity contribution in [3.8, 4) is 5.75 Å². The van der Waals surface area contributed by atoms with Crippen LogP contribution in [-0.4, -0.2) is 60.7 Å². The van der Waals surface area contributed by atoms with Crippen molar-refractivity contribution in [3.63, 3.8) is 0 Å². The highest BCUT2D eigenvalue weighted by Gasteiger charge is 2.57. The lowest BCUT2D eigenvalue weighted by atomic mass is 9.62. The maximum Gasteiger partial charge on any atom is 0.119 e. The van der Waals surface area contributed by atoms with Gasteiger partial charge < -0.3 is 4.74 Å². The third kappa shape index (κ3) is 3.11. The molecule has 1 aromatic carbocycles. The van der Waals surface area contributed by atoms with Gasteiger partial charge in [-0.3, -0.25) is 9.80 Å². The molecule has 4 heterocycles. The molecule has 0 spiro atoms. The van der Waals surface area contributed by atoms with E-state index in [0.29, 0.717) is 0 Å². The van der Waals surface area contributed by atoms with Gasteiger partial charge in [-0.15, -0.1) is 0 Å². The number of hydrogen-bond acceptors (Lipinski definition) is 5. The zero-order chi connectivity index (χ0) is 17.7. The largest absolute Gasteiger partial charge is 0.491 e. The van der Waals surface area contributed by atoms with E-state index < -0.39 is 0 Å². The van der Waals surface area contributed by atoms with Gasteiger partial charge >= 0.3 is 0 Å². The standard InChI is InChI=1S/C20H28N4O/c1-15(2)25-17-7-5-16(6-8-17)9-21-22-18-19(3)10-23-12-20(18,4)13-24(11-19)14-23/h5-9,15H,10-14H2,1-4H3/b21-9+,22-18?. The van der Waals surface area contributed by atoms with Crippen molar-refractivity contribution in [1.82, 2.24) is 9.80 Å². The van der Waals surface area contributed by atoms with E-state index in [9.17, 15) is 0 Å². The Kier molecular flexibility index (Phi) is 3.96. The van der Waals surface area contributed by atoms with Crippen LogP contribution in [0.2, 0.25) is 0 Å². The summed E-state index contributed by atoms with van der Waals surface area (Å²) < 4.78 is 5.68. The Morgan fingerprint density at radius 3 is 2.08 bits per heavy atom. The lowest BCUT2D eigenvalue weighted by Gasteiger charge is -2.62. The van der Waals surface area contributed by atoms with E-state index in [1.807, 2.05) is 44.3 Å². The third-order valence-electron chi connectivity index (χ3n) is 5.45. The highest BCUT2D eigenvalue weighted by Crippen LogP contribution is 2.46. The van der Waals surface area contributed by atoms with Crippen molar-refractivity contribution < 1.29 is 4.74 Å². The number of nitrogens with zero attached hydrogens (tertiary/aromatic N) is 4. The molecule has 4 aliphatic rings. The average molecular weight is 340 g/mol. The first-order valence-corrected chi connectivity index (χ1v) is 9.20. The minimum Gasteiger partial charge on any atom is -0.491 e. The highest BCUT2D eigenvalue weighted by molar-refractivity contribution is 5.97. The maximum atomic E-state index is 5.68. The van der Waals surface area contributed by atoms with E-state index in [1.165, 1.54) is 5.71 Å². The lowest BCUT2D eigenvalue weighted by Crippen LogP contribution is -2.74. The Morgan fingerprint density at radius 2 is 1.56 bits per heavy atom. The van der Waals surface area contributed by atoms with Gasteiger partial charge in [0.1, 0.15) is 5.75 Å². The summed E-state index contributed by atoms with van der Waals surface area (Å²) in [7, 11) is 0. The van der Waals surface area contributed by atoms with Crippen LogP contribution in [0.1, 0.15) is 33.3 Å². The third-order valence-corrected chi connectivity index (χ3v) is 5.45. The smallest absolute Gasteiger partial charge is 0.119 e. The first kappa shape index (κ1) is 16.7. The number of rotatable bonds is 4. The van der Waals surface area contributed by atoms with Crippen molar-refractivity contribution in [2.75, 3.05) is 32.8 Å². The second kappa shape index (κ2) is 5.92. The monoisotopic (exact) mass is 340 g/mol. The topological polar surface area (TPSA) is 40.4 Å². The molecule has 4 fully saturated rings. The zero-order valence-corrected chi connectivity index (χ0v) is 15.7. The minimum atomic E-state index is 0.135. The molecule has 0 N–H and O–H groups in total. The zero-order valence-electron chi connectivity index (χ0n) is 15.7. The lowest BCUT2D eigenvalue weighted by molar-refractivity contribution is -0.0738. The van der Waals surface area contributed by atoms with E-state index >= 15 is 0 Å². The van der Waals surface area contributed by atoms with Gasteiger partial charge in [0.05, 0.1) is 24.7 Å². The second-order valence-electron chi connectivity index (χ2n) is 8.67. The van der Waals surface area contributed by atoms with Crippen molar-refractivity contribution >= 4 is 11.9 Å². The van der Waals surface area contributed by atoms with Gasteiger partial charge in [-0.1, -0.05) is 13.8 Å². The summed E-state index contributed by atoms with van der Waals surface area (Å²) in [5.74, 6) is 0.891. The fourth-order valence-corrected chi connectivity index (χ4v) is 5.00. The molecular formula is C20H28N4O. The summed E-state index contributed by atoms with van der Waals surface area (Å²) in [6.07, 6.45) is 2.04. The molecule has 0 amide bonds. The Labute approximate surface area is 150 Å². The predicted molar refractivity (Wildman–Crippen MR) is 101 cm³/mol. The van der Waals surface area contributed by atoms with Crippen LogP contribution in [0.5, 0.6) is 5.75 Å². The van der Waals surface area contributed by atoms with Crippen LogP contribution in [0, 0.1) is 10.8 Å². The van der Waals surface area contributed by atoms with Crippen LogP contribution in [0.4, 0.5) is 0 Å². The molecule has 4 saturated heterocycles. The van der Waals surface area contributed by atoms with E-state index in [-0.39, 0.29) is 16.9 Å². The molecule has 0 radical (unpaired) electrons. The molecule has 0 aromatic heterocycles. The SMILES string of the molecule is CC(C)Oc1ccc(/C=N/N=C2C3(C)CN4CN(C3)CC2(C)C4)cc1. The quantitative estimate of drug-likeness (QED) is 0.625. The van der Waals surface area contributed by atoms with Gasteiger partial charge in [0.2, 0.25) is 0 Å². The molecule has 5 nitrogen and oxygen atoms in total. The normalized spacial score (nSPS) is 36.4. The molecule has 134 valence electrons. The molecule has 0 aliphatic carbocycles. The van der Waals surface area contributed by atoms with Crippen LogP contribution in [0.3, 0.4) is 0 Å². The molecule has 5 heteroatoms. The molecule has 0 saturated carbocycles. The van der Waals surface area contributed by atoms with Crippen LogP contribution >= 0.6 is 0 Å². The van der Waals surface area contributed by atoms with Crippen molar-refractivity contribution in [2.24, 2.45) is 21.0 Å². The number of benzene rings is 1. The predicted octanol–water partition coefficient (Wildman–Crippen LogP) is 2.86. The summed E-state index contributed by atoms with van der Waals surface area (Å²) >= 11 is 0. The van der Waals surface area contributed by atoms with E-state index in [4.69, 9.17) is 9.84 Å². The average Bonchev–Trinajstić information content (AvgIpc) is 2.49. The van der Waals surface area contributed by atoms with Crippen molar-refractivity contribution in [1.29, 1.82) is 0 Å². The molecule has 0 atom stereocenters. The molecular weight excluding hydrogens is 312 g/mol. The molecule has 4 bridgehead atoms. The number of hydrogen-bond donors (Lipinski definition) is 0. The Morgan fingerprint density at radius 1 is 1.00 bits per heavy atom. The van der Waals surface area contributed by atoms with Gasteiger partial charge in [-0.05, 0) is 43.7 Å². The number of ether oxygens (including phenoxy) is 1.